The van der Waals surface area contributed by atoms with Crippen molar-refractivity contribution in [1.82, 2.24) is 20.1 Å². The van der Waals surface area contributed by atoms with E-state index in [1.807, 2.05) is 24.3 Å². The molecule has 0 unspecified atom stereocenters. The smallest absolute Gasteiger partial charge is 0.250 e. The zero-order chi connectivity index (χ0) is 24.7. The number of piperidine rings is 1. The van der Waals surface area contributed by atoms with Gasteiger partial charge in [-0.05, 0) is 87.2 Å². The molecule has 0 bridgehead atoms. The number of nitrogens with one attached hydrogen (secondary N) is 1. The first-order chi connectivity index (χ1) is 16.0. The Hall–Kier alpha value is -3.39. The summed E-state index contributed by atoms with van der Waals surface area (Å²) in [6.45, 7) is 8.92. The molecular weight excluding hydrogens is 428 g/mol. The minimum Gasteiger partial charge on any atom is -0.355 e. The highest BCUT2D eigenvalue weighted by Gasteiger charge is 2.39. The maximum absolute atomic E-state index is 12.0. The van der Waals surface area contributed by atoms with Gasteiger partial charge >= 0.3 is 0 Å². The molecule has 0 amide bonds. The van der Waals surface area contributed by atoms with Crippen molar-refractivity contribution in [1.29, 1.82) is 0 Å². The lowest BCUT2D eigenvalue weighted by molar-refractivity contribution is 0.160. The normalized spacial score (nSPS) is 17.4. The van der Waals surface area contributed by atoms with Gasteiger partial charge in [0.2, 0.25) is 0 Å². The first-order valence-electron chi connectivity index (χ1n) is 11.5. The first kappa shape index (κ1) is 23.8. The van der Waals surface area contributed by atoms with Gasteiger partial charge in [0.15, 0.2) is 5.82 Å². The summed E-state index contributed by atoms with van der Waals surface area (Å²) in [5.74, 6) is 0.791. The van der Waals surface area contributed by atoms with Crippen LogP contribution in [0.4, 0.5) is 11.5 Å². The summed E-state index contributed by atoms with van der Waals surface area (Å²) in [5.41, 5.74) is 2.87. The number of hydrogen-bond acceptors (Lipinski definition) is 7. The van der Waals surface area contributed by atoms with Crippen LogP contribution in [-0.4, -0.2) is 38.9 Å². The molecule has 2 aromatic heterocycles. The second-order valence-electron chi connectivity index (χ2n) is 10.5. The summed E-state index contributed by atoms with van der Waals surface area (Å²) in [6.07, 6.45) is 3.70. The molecule has 8 heteroatoms. The van der Waals surface area contributed by atoms with Crippen molar-refractivity contribution in [3.8, 4) is 22.4 Å². The molecule has 1 saturated heterocycles. The molecule has 1 aliphatic rings. The van der Waals surface area contributed by atoms with Crippen molar-refractivity contribution in [3.63, 3.8) is 0 Å². The van der Waals surface area contributed by atoms with Gasteiger partial charge in [-0.3, -0.25) is 4.79 Å². The van der Waals surface area contributed by atoms with Gasteiger partial charge in [-0.1, -0.05) is 6.07 Å². The average Bonchev–Trinajstić information content (AvgIpc) is 2.78. The fourth-order valence-corrected chi connectivity index (χ4v) is 5.12. The van der Waals surface area contributed by atoms with Crippen molar-refractivity contribution >= 4 is 11.5 Å². The molecule has 178 valence electrons. The van der Waals surface area contributed by atoms with E-state index >= 15 is 0 Å². The van der Waals surface area contributed by atoms with Crippen molar-refractivity contribution < 1.29 is 0 Å². The van der Waals surface area contributed by atoms with Gasteiger partial charge in [-0.15, -0.1) is 15.1 Å². The number of aromatic nitrogens is 3. The van der Waals surface area contributed by atoms with E-state index in [1.54, 1.807) is 25.4 Å². The van der Waals surface area contributed by atoms with Crippen LogP contribution in [0, 0.1) is 4.91 Å². The van der Waals surface area contributed by atoms with Crippen LogP contribution in [-0.2, 0) is 7.05 Å². The van der Waals surface area contributed by atoms with E-state index < -0.39 is 0 Å². The molecule has 3 aromatic rings. The number of nitroso groups, excluding NO2 is 1. The minimum atomic E-state index is -0.117. The van der Waals surface area contributed by atoms with Gasteiger partial charge in [0.1, 0.15) is 5.69 Å². The minimum absolute atomic E-state index is 0.0311. The average molecular weight is 461 g/mol. The van der Waals surface area contributed by atoms with E-state index in [2.05, 4.69) is 60.3 Å². The molecule has 0 saturated carbocycles. The zero-order valence-electron chi connectivity index (χ0n) is 20.7. The monoisotopic (exact) mass is 460 g/mol. The fourth-order valence-electron chi connectivity index (χ4n) is 5.12. The highest BCUT2D eigenvalue weighted by molar-refractivity contribution is 5.79. The van der Waals surface area contributed by atoms with Gasteiger partial charge in [-0.25, -0.2) is 0 Å². The Morgan fingerprint density at radius 3 is 2.26 bits per heavy atom. The molecule has 1 aliphatic heterocycles. The fraction of sp³-hybridized carbons (Fsp3) is 0.423. The quantitative estimate of drug-likeness (QED) is 0.557. The zero-order valence-corrected chi connectivity index (χ0v) is 20.7. The van der Waals surface area contributed by atoms with E-state index in [0.29, 0.717) is 17.3 Å². The van der Waals surface area contributed by atoms with Gasteiger partial charge in [0.05, 0.1) is 5.69 Å². The lowest BCUT2D eigenvalue weighted by atomic mass is 9.79. The maximum atomic E-state index is 12.0. The molecule has 34 heavy (non-hydrogen) atoms. The Kier molecular flexibility index (Phi) is 6.12. The van der Waals surface area contributed by atoms with E-state index in [4.69, 9.17) is 0 Å². The van der Waals surface area contributed by atoms with Crippen molar-refractivity contribution in [2.75, 3.05) is 11.9 Å². The van der Waals surface area contributed by atoms with E-state index in [0.717, 1.165) is 29.8 Å². The van der Waals surface area contributed by atoms with Crippen LogP contribution in [0.25, 0.3) is 22.4 Å². The van der Waals surface area contributed by atoms with Crippen LogP contribution in [0.1, 0.15) is 40.5 Å². The third-order valence-electron chi connectivity index (χ3n) is 6.54. The van der Waals surface area contributed by atoms with Crippen molar-refractivity contribution in [2.45, 2.75) is 57.7 Å². The summed E-state index contributed by atoms with van der Waals surface area (Å²) >= 11 is 0. The SMILES string of the molecule is CN(c1ccc(-c2ccc(-c3ccn(C)c(=O)c3)cc2N=O)nn1)C1CC(C)(C)NC(C)(C)C1. The van der Waals surface area contributed by atoms with Crippen LogP contribution in [0.2, 0.25) is 0 Å². The number of pyridine rings is 1. The molecule has 3 heterocycles. The Balaban J connectivity index is 1.59. The number of nitrogens with zero attached hydrogens (tertiary/aromatic N) is 5. The van der Waals surface area contributed by atoms with Crippen molar-refractivity contribution in [3.05, 3.63) is 63.9 Å². The molecule has 0 aliphatic carbocycles. The Bertz CT molecular complexity index is 1250. The van der Waals surface area contributed by atoms with Gasteiger partial charge in [0, 0.05) is 49.0 Å². The molecule has 8 nitrogen and oxygen atoms in total. The second kappa shape index (κ2) is 8.76. The van der Waals surface area contributed by atoms with Crippen molar-refractivity contribution in [2.24, 2.45) is 12.2 Å². The number of aryl methyl sites for hydroxylation is 1. The van der Waals surface area contributed by atoms with Gasteiger partial charge in [0.25, 0.3) is 5.56 Å². The number of hydrogen-bond donors (Lipinski definition) is 1. The van der Waals surface area contributed by atoms with Crippen LogP contribution in [0.5, 0.6) is 0 Å². The summed E-state index contributed by atoms with van der Waals surface area (Å²) in [4.78, 5) is 25.8. The van der Waals surface area contributed by atoms with Crippen LogP contribution < -0.4 is 15.8 Å². The standard InChI is InChI=1S/C26H32N6O2/c1-25(2)15-19(16-26(3,4)30-25)32(6)23-10-9-21(27-28-23)20-8-7-17(13-22(20)29-34)18-11-12-31(5)24(33)14-18/h7-14,19,30H,15-16H2,1-6H3. The Labute approximate surface area is 200 Å². The van der Waals surface area contributed by atoms with Crippen LogP contribution in [0.15, 0.2) is 58.6 Å². The number of benzene rings is 1. The second-order valence-corrected chi connectivity index (χ2v) is 10.5. The summed E-state index contributed by atoms with van der Waals surface area (Å²) < 4.78 is 1.50. The largest absolute Gasteiger partial charge is 0.355 e. The lowest BCUT2D eigenvalue weighted by Crippen LogP contribution is -2.62. The van der Waals surface area contributed by atoms with Gasteiger partial charge in [-0.2, -0.15) is 0 Å². The summed E-state index contributed by atoms with van der Waals surface area (Å²) in [6, 6.07) is 12.9. The molecule has 1 fully saturated rings. The summed E-state index contributed by atoms with van der Waals surface area (Å²) in [7, 11) is 3.75. The molecule has 1 aromatic carbocycles. The molecule has 4 rings (SSSR count). The third kappa shape index (κ3) is 4.92. The molecule has 0 atom stereocenters. The highest BCUT2D eigenvalue weighted by Crippen LogP contribution is 2.35. The molecule has 0 radical (unpaired) electrons. The predicted octanol–water partition coefficient (Wildman–Crippen LogP) is 4.65. The topological polar surface area (TPSA) is 92.5 Å². The number of anilines is 1. The van der Waals surface area contributed by atoms with Gasteiger partial charge < -0.3 is 14.8 Å². The van der Waals surface area contributed by atoms with Crippen LogP contribution >= 0.6 is 0 Å². The van der Waals surface area contributed by atoms with E-state index in [9.17, 15) is 9.70 Å². The highest BCUT2D eigenvalue weighted by atomic mass is 16.3. The maximum Gasteiger partial charge on any atom is 0.250 e. The summed E-state index contributed by atoms with van der Waals surface area (Å²) in [5, 5.41) is 15.8. The Morgan fingerprint density at radius 1 is 1.00 bits per heavy atom. The van der Waals surface area contributed by atoms with Crippen LogP contribution in [0.3, 0.4) is 0 Å². The Morgan fingerprint density at radius 2 is 1.68 bits per heavy atom. The third-order valence-corrected chi connectivity index (χ3v) is 6.54. The predicted molar refractivity (Wildman–Crippen MR) is 136 cm³/mol. The molecule has 0 spiro atoms. The molecular formula is C26H32N6O2. The first-order valence-corrected chi connectivity index (χ1v) is 11.5. The lowest BCUT2D eigenvalue weighted by Gasteiger charge is -2.49. The van der Waals surface area contributed by atoms with E-state index in [1.165, 1.54) is 10.6 Å². The number of rotatable bonds is 5. The van der Waals surface area contributed by atoms with E-state index in [-0.39, 0.29) is 22.3 Å². The molecule has 1 N–H and O–H groups in total.